The monoisotopic (exact) mass is 279 g/mol. The highest BCUT2D eigenvalue weighted by Gasteiger charge is 2.17. The van der Waals surface area contributed by atoms with E-state index in [-0.39, 0.29) is 18.9 Å². The minimum Gasteiger partial charge on any atom is -0.468 e. The predicted molar refractivity (Wildman–Crippen MR) is 75.4 cm³/mol. The Morgan fingerprint density at radius 1 is 1.25 bits per heavy atom. The van der Waals surface area contributed by atoms with Crippen molar-refractivity contribution in [2.45, 2.75) is 13.3 Å². The number of hydrogen-bond donors (Lipinski definition) is 0. The second kappa shape index (κ2) is 8.32. The molecule has 1 aromatic rings. The Kier molecular flexibility index (Phi) is 6.73. The lowest BCUT2D eigenvalue weighted by molar-refractivity contribution is -0.147. The van der Waals surface area contributed by atoms with Crippen molar-refractivity contribution in [2.24, 2.45) is 0 Å². The largest absolute Gasteiger partial charge is 0.468 e. The molecule has 1 amide bonds. The molecule has 0 N–H and O–H groups in total. The van der Waals surface area contributed by atoms with E-state index in [0.717, 1.165) is 11.1 Å². The first-order valence-electron chi connectivity index (χ1n) is 6.46. The van der Waals surface area contributed by atoms with Crippen LogP contribution in [0.1, 0.15) is 11.1 Å². The van der Waals surface area contributed by atoms with Gasteiger partial charge in [0.05, 0.1) is 20.1 Å². The second-order valence-electron chi connectivity index (χ2n) is 4.55. The van der Waals surface area contributed by atoms with Crippen molar-refractivity contribution < 1.29 is 19.1 Å². The van der Waals surface area contributed by atoms with Crippen molar-refractivity contribution in [3.63, 3.8) is 0 Å². The number of hydrogen-bond acceptors (Lipinski definition) is 4. The summed E-state index contributed by atoms with van der Waals surface area (Å²) in [4.78, 5) is 25.0. The molecule has 0 bridgehead atoms. The summed E-state index contributed by atoms with van der Waals surface area (Å²) in [6, 6.07) is 7.75. The fraction of sp³-hybridized carbons (Fsp3) is 0.467. The van der Waals surface area contributed by atoms with Crippen LogP contribution in [0.25, 0.3) is 0 Å². The molecule has 0 saturated carbocycles. The number of benzene rings is 1. The molecule has 0 unspecified atom stereocenters. The molecular formula is C15H21NO4. The molecule has 0 radical (unpaired) electrons. The SMILES string of the molecule is COCCN(CC(=O)OC)C(=O)Cc1cccc(C)c1. The molecule has 0 spiro atoms. The smallest absolute Gasteiger partial charge is 0.325 e. The van der Waals surface area contributed by atoms with Gasteiger partial charge in [0.25, 0.3) is 0 Å². The lowest BCUT2D eigenvalue weighted by Crippen LogP contribution is -2.39. The number of nitrogens with zero attached hydrogens (tertiary/aromatic N) is 1. The highest BCUT2D eigenvalue weighted by Crippen LogP contribution is 2.07. The molecule has 0 aliphatic heterocycles. The van der Waals surface area contributed by atoms with Gasteiger partial charge in [-0.15, -0.1) is 0 Å². The third-order valence-electron chi connectivity index (χ3n) is 2.90. The van der Waals surface area contributed by atoms with E-state index >= 15 is 0 Å². The van der Waals surface area contributed by atoms with Gasteiger partial charge in [-0.25, -0.2) is 0 Å². The molecule has 0 aliphatic rings. The van der Waals surface area contributed by atoms with Gasteiger partial charge in [-0.3, -0.25) is 9.59 Å². The number of ether oxygens (including phenoxy) is 2. The van der Waals surface area contributed by atoms with Gasteiger partial charge >= 0.3 is 5.97 Å². The Labute approximate surface area is 119 Å². The van der Waals surface area contributed by atoms with Gasteiger partial charge in [-0.2, -0.15) is 0 Å². The number of rotatable bonds is 7. The Bertz CT molecular complexity index is 459. The van der Waals surface area contributed by atoms with E-state index < -0.39 is 5.97 Å². The van der Waals surface area contributed by atoms with Crippen LogP contribution in [0, 0.1) is 6.92 Å². The van der Waals surface area contributed by atoms with Crippen molar-refractivity contribution in [1.29, 1.82) is 0 Å². The second-order valence-corrected chi connectivity index (χ2v) is 4.55. The zero-order valence-electron chi connectivity index (χ0n) is 12.2. The first-order valence-corrected chi connectivity index (χ1v) is 6.46. The summed E-state index contributed by atoms with van der Waals surface area (Å²) in [6.07, 6.45) is 0.266. The van der Waals surface area contributed by atoms with Crippen LogP contribution in [0.4, 0.5) is 0 Å². The quantitative estimate of drug-likeness (QED) is 0.703. The average molecular weight is 279 g/mol. The average Bonchev–Trinajstić information content (AvgIpc) is 2.43. The minimum absolute atomic E-state index is 0.0511. The Balaban J connectivity index is 2.68. The van der Waals surface area contributed by atoms with Gasteiger partial charge in [0.2, 0.25) is 5.91 Å². The van der Waals surface area contributed by atoms with E-state index in [1.165, 1.54) is 12.0 Å². The molecule has 5 nitrogen and oxygen atoms in total. The first-order chi connectivity index (χ1) is 9.56. The van der Waals surface area contributed by atoms with Crippen LogP contribution in [-0.4, -0.2) is 50.7 Å². The van der Waals surface area contributed by atoms with Crippen LogP contribution >= 0.6 is 0 Å². The summed E-state index contributed by atoms with van der Waals surface area (Å²) in [5.41, 5.74) is 2.04. The summed E-state index contributed by atoms with van der Waals surface area (Å²) in [5, 5.41) is 0. The van der Waals surface area contributed by atoms with Gasteiger partial charge < -0.3 is 14.4 Å². The molecule has 20 heavy (non-hydrogen) atoms. The Morgan fingerprint density at radius 2 is 2.00 bits per heavy atom. The minimum atomic E-state index is -0.432. The van der Waals surface area contributed by atoms with E-state index in [0.29, 0.717) is 13.2 Å². The highest BCUT2D eigenvalue weighted by atomic mass is 16.5. The Hall–Kier alpha value is -1.88. The van der Waals surface area contributed by atoms with Crippen molar-refractivity contribution in [1.82, 2.24) is 4.90 Å². The predicted octanol–water partition coefficient (Wildman–Crippen LogP) is 1.19. The number of amides is 1. The summed E-state index contributed by atoms with van der Waals surface area (Å²) in [6.45, 7) is 2.68. The van der Waals surface area contributed by atoms with Gasteiger partial charge in [0.1, 0.15) is 6.54 Å². The van der Waals surface area contributed by atoms with Gasteiger partial charge in [-0.1, -0.05) is 29.8 Å². The number of carbonyl (C=O) groups is 2. The third kappa shape index (κ3) is 5.40. The maximum absolute atomic E-state index is 12.2. The summed E-state index contributed by atoms with van der Waals surface area (Å²) in [5.74, 6) is -0.545. The molecular weight excluding hydrogens is 258 g/mol. The van der Waals surface area contributed by atoms with E-state index in [9.17, 15) is 9.59 Å². The normalized spacial score (nSPS) is 10.2. The van der Waals surface area contributed by atoms with Crippen molar-refractivity contribution >= 4 is 11.9 Å². The molecule has 0 heterocycles. The molecule has 0 saturated heterocycles. The zero-order valence-corrected chi connectivity index (χ0v) is 12.2. The fourth-order valence-corrected chi connectivity index (χ4v) is 1.82. The summed E-state index contributed by atoms with van der Waals surface area (Å²) in [7, 11) is 2.86. The Morgan fingerprint density at radius 3 is 2.60 bits per heavy atom. The zero-order chi connectivity index (χ0) is 15.0. The van der Waals surface area contributed by atoms with Gasteiger partial charge in [0.15, 0.2) is 0 Å². The van der Waals surface area contributed by atoms with Crippen molar-refractivity contribution in [3.8, 4) is 0 Å². The van der Waals surface area contributed by atoms with E-state index in [2.05, 4.69) is 4.74 Å². The molecule has 5 heteroatoms. The molecule has 1 aromatic carbocycles. The standard InChI is InChI=1S/C15H21NO4/c1-12-5-4-6-13(9-12)10-14(17)16(7-8-19-2)11-15(18)20-3/h4-6,9H,7-8,10-11H2,1-3H3. The first kappa shape index (κ1) is 16.2. The fourth-order valence-electron chi connectivity index (χ4n) is 1.82. The highest BCUT2D eigenvalue weighted by molar-refractivity contribution is 5.83. The van der Waals surface area contributed by atoms with Gasteiger partial charge in [-0.05, 0) is 12.5 Å². The van der Waals surface area contributed by atoms with Crippen molar-refractivity contribution in [2.75, 3.05) is 33.9 Å². The van der Waals surface area contributed by atoms with Crippen LogP contribution in [0.5, 0.6) is 0 Å². The molecule has 0 aliphatic carbocycles. The topological polar surface area (TPSA) is 55.8 Å². The summed E-state index contributed by atoms with van der Waals surface area (Å²) >= 11 is 0. The summed E-state index contributed by atoms with van der Waals surface area (Å²) < 4.78 is 9.57. The third-order valence-corrected chi connectivity index (χ3v) is 2.90. The maximum Gasteiger partial charge on any atom is 0.325 e. The molecule has 0 fully saturated rings. The van der Waals surface area contributed by atoms with Crippen LogP contribution in [-0.2, 0) is 25.5 Å². The number of carbonyl (C=O) groups excluding carboxylic acids is 2. The van der Waals surface area contributed by atoms with E-state index in [1.54, 1.807) is 7.11 Å². The molecule has 0 atom stereocenters. The lowest BCUT2D eigenvalue weighted by atomic mass is 10.1. The van der Waals surface area contributed by atoms with E-state index in [4.69, 9.17) is 4.74 Å². The lowest BCUT2D eigenvalue weighted by Gasteiger charge is -2.21. The molecule has 1 rings (SSSR count). The van der Waals surface area contributed by atoms with Crippen LogP contribution in [0.3, 0.4) is 0 Å². The van der Waals surface area contributed by atoms with Crippen LogP contribution in [0.2, 0.25) is 0 Å². The molecule has 0 aromatic heterocycles. The van der Waals surface area contributed by atoms with Crippen LogP contribution < -0.4 is 0 Å². The molecule has 110 valence electrons. The number of esters is 1. The number of methoxy groups -OCH3 is 2. The maximum atomic E-state index is 12.2. The van der Waals surface area contributed by atoms with E-state index in [1.807, 2.05) is 31.2 Å². The van der Waals surface area contributed by atoms with Crippen LogP contribution in [0.15, 0.2) is 24.3 Å². The number of aryl methyl sites for hydroxylation is 1. The van der Waals surface area contributed by atoms with Gasteiger partial charge in [0, 0.05) is 13.7 Å². The van der Waals surface area contributed by atoms with Crippen molar-refractivity contribution in [3.05, 3.63) is 35.4 Å².